The molecule has 22 heavy (non-hydrogen) atoms. The lowest BCUT2D eigenvalue weighted by Crippen LogP contribution is -2.28. The fourth-order valence-electron chi connectivity index (χ4n) is 2.21. The number of likely N-dealkylation sites (N-methyl/N-ethyl adjacent to an activating group) is 1. The molecule has 7 heteroatoms. The Morgan fingerprint density at radius 2 is 2.05 bits per heavy atom. The molecule has 1 heterocycles. The van der Waals surface area contributed by atoms with Gasteiger partial charge in [-0.05, 0) is 13.8 Å². The van der Waals surface area contributed by atoms with Crippen molar-refractivity contribution in [2.45, 2.75) is 26.8 Å². The van der Waals surface area contributed by atoms with Gasteiger partial charge in [-0.3, -0.25) is 14.9 Å². The van der Waals surface area contributed by atoms with E-state index in [4.69, 9.17) is 4.52 Å². The van der Waals surface area contributed by atoms with Crippen molar-refractivity contribution in [3.05, 3.63) is 57.0 Å². The number of rotatable bonds is 5. The van der Waals surface area contributed by atoms with Gasteiger partial charge in [-0.25, -0.2) is 0 Å². The molecule has 0 saturated heterocycles. The fourth-order valence-corrected chi connectivity index (χ4v) is 2.21. The van der Waals surface area contributed by atoms with E-state index in [9.17, 15) is 14.9 Å². The predicted octanol–water partition coefficient (Wildman–Crippen LogP) is 2.40. The van der Waals surface area contributed by atoms with Crippen molar-refractivity contribution in [2.24, 2.45) is 0 Å². The van der Waals surface area contributed by atoms with Crippen LogP contribution in [-0.4, -0.2) is 27.9 Å². The summed E-state index contributed by atoms with van der Waals surface area (Å²) >= 11 is 0. The molecule has 116 valence electrons. The zero-order chi connectivity index (χ0) is 16.3. The lowest BCUT2D eigenvalue weighted by molar-refractivity contribution is -0.385. The molecule has 0 N–H and O–H groups in total. The molecule has 0 radical (unpaired) electrons. The number of aromatic nitrogens is 1. The van der Waals surface area contributed by atoms with Crippen LogP contribution in [-0.2, 0) is 17.8 Å². The van der Waals surface area contributed by atoms with Crippen LogP contribution in [0.2, 0.25) is 0 Å². The van der Waals surface area contributed by atoms with Crippen LogP contribution >= 0.6 is 0 Å². The third kappa shape index (κ3) is 3.30. The Kier molecular flexibility index (Phi) is 4.55. The summed E-state index contributed by atoms with van der Waals surface area (Å²) in [7, 11) is 1.62. The van der Waals surface area contributed by atoms with Gasteiger partial charge >= 0.3 is 0 Å². The highest BCUT2D eigenvalue weighted by atomic mass is 16.6. The van der Waals surface area contributed by atoms with Crippen molar-refractivity contribution in [2.75, 3.05) is 7.05 Å². The van der Waals surface area contributed by atoms with Gasteiger partial charge in [-0.1, -0.05) is 23.4 Å². The van der Waals surface area contributed by atoms with Crippen molar-refractivity contribution in [3.63, 3.8) is 0 Å². The van der Waals surface area contributed by atoms with Gasteiger partial charge in [0.1, 0.15) is 5.76 Å². The van der Waals surface area contributed by atoms with Crippen LogP contribution in [0, 0.1) is 24.0 Å². The van der Waals surface area contributed by atoms with E-state index in [1.807, 2.05) is 0 Å². The molecule has 1 aromatic heterocycles. The maximum absolute atomic E-state index is 12.3. The minimum Gasteiger partial charge on any atom is -0.361 e. The Morgan fingerprint density at radius 3 is 2.64 bits per heavy atom. The molecule has 0 aliphatic rings. The molecule has 0 spiro atoms. The van der Waals surface area contributed by atoms with Crippen molar-refractivity contribution in [1.29, 1.82) is 0 Å². The largest absolute Gasteiger partial charge is 0.361 e. The number of carbonyl (C=O) groups excluding carboxylic acids is 1. The lowest BCUT2D eigenvalue weighted by Gasteiger charge is -2.17. The van der Waals surface area contributed by atoms with Crippen LogP contribution in [0.5, 0.6) is 0 Å². The summed E-state index contributed by atoms with van der Waals surface area (Å²) in [5, 5.41) is 14.8. The molecular formula is C15H17N3O4. The monoisotopic (exact) mass is 303 g/mol. The molecule has 1 amide bonds. The number of nitro groups is 1. The van der Waals surface area contributed by atoms with Gasteiger partial charge in [0.05, 0.1) is 23.6 Å². The Hall–Kier alpha value is -2.70. The molecule has 7 nitrogen and oxygen atoms in total. The first kappa shape index (κ1) is 15.7. The highest BCUT2D eigenvalue weighted by molar-refractivity contribution is 5.79. The number of amides is 1. The number of carbonyl (C=O) groups is 1. The SMILES string of the molecule is Cc1noc(C)c1CC(=O)N(C)Cc1ccccc1[N+](=O)[O-]. The van der Waals surface area contributed by atoms with E-state index in [1.165, 1.54) is 11.0 Å². The van der Waals surface area contributed by atoms with Crippen molar-refractivity contribution in [3.8, 4) is 0 Å². The molecule has 2 rings (SSSR count). The number of nitro benzene ring substituents is 1. The van der Waals surface area contributed by atoms with Gasteiger partial charge in [-0.2, -0.15) is 0 Å². The standard InChI is InChI=1S/C15H17N3O4/c1-10-13(11(2)22-16-10)8-15(19)17(3)9-12-6-4-5-7-14(12)18(20)21/h4-7H,8-9H2,1-3H3. The Labute approximate surface area is 127 Å². The van der Waals surface area contributed by atoms with Crippen LogP contribution in [0.15, 0.2) is 28.8 Å². The third-order valence-electron chi connectivity index (χ3n) is 3.53. The second-order valence-corrected chi connectivity index (χ2v) is 5.12. The summed E-state index contributed by atoms with van der Waals surface area (Å²) in [4.78, 5) is 24.3. The number of hydrogen-bond acceptors (Lipinski definition) is 5. The van der Waals surface area contributed by atoms with Crippen LogP contribution in [0.4, 0.5) is 5.69 Å². The smallest absolute Gasteiger partial charge is 0.274 e. The maximum Gasteiger partial charge on any atom is 0.274 e. The van der Waals surface area contributed by atoms with Gasteiger partial charge in [0, 0.05) is 24.2 Å². The average molecular weight is 303 g/mol. The highest BCUT2D eigenvalue weighted by Gasteiger charge is 2.19. The Bertz CT molecular complexity index is 689. The second kappa shape index (κ2) is 6.38. The number of nitrogens with zero attached hydrogens (tertiary/aromatic N) is 3. The van der Waals surface area contributed by atoms with Crippen LogP contribution in [0.1, 0.15) is 22.6 Å². The summed E-state index contributed by atoms with van der Waals surface area (Å²) in [5.74, 6) is 0.470. The van der Waals surface area contributed by atoms with Gasteiger partial charge in [0.15, 0.2) is 0 Å². The van der Waals surface area contributed by atoms with Crippen LogP contribution < -0.4 is 0 Å². The quantitative estimate of drug-likeness (QED) is 0.625. The van der Waals surface area contributed by atoms with E-state index in [2.05, 4.69) is 5.16 Å². The minimum atomic E-state index is -0.443. The highest BCUT2D eigenvalue weighted by Crippen LogP contribution is 2.20. The number of aryl methyl sites for hydroxylation is 2. The summed E-state index contributed by atoms with van der Waals surface area (Å²) < 4.78 is 5.03. The molecule has 0 fully saturated rings. The van der Waals surface area contributed by atoms with Crippen molar-refractivity contribution >= 4 is 11.6 Å². The Morgan fingerprint density at radius 1 is 1.36 bits per heavy atom. The fraction of sp³-hybridized carbons (Fsp3) is 0.333. The first-order valence-corrected chi connectivity index (χ1v) is 6.78. The van der Waals surface area contributed by atoms with E-state index in [0.29, 0.717) is 17.0 Å². The zero-order valence-corrected chi connectivity index (χ0v) is 12.7. The van der Waals surface area contributed by atoms with E-state index >= 15 is 0 Å². The van der Waals surface area contributed by atoms with Gasteiger partial charge in [0.2, 0.25) is 5.91 Å². The molecule has 0 bridgehead atoms. The van der Waals surface area contributed by atoms with Gasteiger partial charge in [-0.15, -0.1) is 0 Å². The predicted molar refractivity (Wildman–Crippen MR) is 79.3 cm³/mol. The average Bonchev–Trinajstić information content (AvgIpc) is 2.79. The molecule has 0 aliphatic carbocycles. The molecule has 0 aliphatic heterocycles. The normalized spacial score (nSPS) is 10.5. The molecule has 0 atom stereocenters. The van der Waals surface area contributed by atoms with Gasteiger partial charge < -0.3 is 9.42 Å². The number of para-hydroxylation sites is 1. The van der Waals surface area contributed by atoms with Crippen molar-refractivity contribution < 1.29 is 14.2 Å². The Balaban J connectivity index is 2.11. The first-order chi connectivity index (χ1) is 10.4. The summed E-state index contributed by atoms with van der Waals surface area (Å²) in [6.45, 7) is 3.71. The van der Waals surface area contributed by atoms with E-state index in [0.717, 1.165) is 5.56 Å². The topological polar surface area (TPSA) is 89.5 Å². The number of hydrogen-bond donors (Lipinski definition) is 0. The second-order valence-electron chi connectivity index (χ2n) is 5.12. The van der Waals surface area contributed by atoms with Crippen LogP contribution in [0.25, 0.3) is 0 Å². The van der Waals surface area contributed by atoms with Crippen LogP contribution in [0.3, 0.4) is 0 Å². The van der Waals surface area contributed by atoms with E-state index < -0.39 is 4.92 Å². The molecule has 0 unspecified atom stereocenters. The van der Waals surface area contributed by atoms with E-state index in [1.54, 1.807) is 39.1 Å². The summed E-state index contributed by atoms with van der Waals surface area (Å²) in [5.41, 5.74) is 1.96. The van der Waals surface area contributed by atoms with Gasteiger partial charge in [0.25, 0.3) is 5.69 Å². The maximum atomic E-state index is 12.3. The summed E-state index contributed by atoms with van der Waals surface area (Å²) in [6.07, 6.45) is 0.165. The van der Waals surface area contributed by atoms with E-state index in [-0.39, 0.29) is 24.6 Å². The minimum absolute atomic E-state index is 0.0134. The zero-order valence-electron chi connectivity index (χ0n) is 12.7. The lowest BCUT2D eigenvalue weighted by atomic mass is 10.1. The third-order valence-corrected chi connectivity index (χ3v) is 3.53. The molecular weight excluding hydrogens is 286 g/mol. The summed E-state index contributed by atoms with van der Waals surface area (Å²) in [6, 6.07) is 6.40. The first-order valence-electron chi connectivity index (χ1n) is 6.78. The molecule has 1 aromatic carbocycles. The molecule has 0 saturated carbocycles. The number of benzene rings is 1. The van der Waals surface area contributed by atoms with Crippen molar-refractivity contribution in [1.82, 2.24) is 10.1 Å². The molecule has 2 aromatic rings.